The maximum absolute atomic E-state index is 11.3. The predicted octanol–water partition coefficient (Wildman–Crippen LogP) is 1.42. The van der Waals surface area contributed by atoms with Gasteiger partial charge in [0.25, 0.3) is 0 Å². The molecule has 1 atom stereocenters. The lowest BCUT2D eigenvalue weighted by molar-refractivity contribution is -0.118. The SMILES string of the molecule is CC(=CBr)C(=O)N[C@H](CO)C(C)C. The van der Waals surface area contributed by atoms with Gasteiger partial charge < -0.3 is 10.4 Å². The summed E-state index contributed by atoms with van der Waals surface area (Å²) in [5.74, 6) is 0.0849. The Bertz CT molecular complexity index is 202. The first kappa shape index (κ1) is 12.7. The minimum Gasteiger partial charge on any atom is -0.394 e. The lowest BCUT2D eigenvalue weighted by Crippen LogP contribution is -2.41. The van der Waals surface area contributed by atoms with E-state index in [1.807, 2.05) is 13.8 Å². The maximum Gasteiger partial charge on any atom is 0.247 e. The van der Waals surface area contributed by atoms with Crippen LogP contribution in [-0.4, -0.2) is 23.7 Å². The normalized spacial score (nSPS) is 14.5. The summed E-state index contributed by atoms with van der Waals surface area (Å²) in [5.41, 5.74) is 0.596. The van der Waals surface area contributed by atoms with Gasteiger partial charge in [0, 0.05) is 5.57 Å². The van der Waals surface area contributed by atoms with Crippen LogP contribution in [0.25, 0.3) is 0 Å². The second-order valence-electron chi connectivity index (χ2n) is 3.30. The van der Waals surface area contributed by atoms with E-state index in [0.29, 0.717) is 5.57 Å². The van der Waals surface area contributed by atoms with E-state index in [9.17, 15) is 4.79 Å². The molecule has 0 aromatic heterocycles. The lowest BCUT2D eigenvalue weighted by Gasteiger charge is -2.19. The number of hydrogen-bond donors (Lipinski definition) is 2. The first-order valence-corrected chi connectivity index (χ1v) is 5.13. The Hall–Kier alpha value is -0.350. The fourth-order valence-electron chi connectivity index (χ4n) is 0.755. The largest absolute Gasteiger partial charge is 0.394 e. The number of aliphatic hydroxyl groups excluding tert-OH is 1. The molecule has 76 valence electrons. The van der Waals surface area contributed by atoms with E-state index in [0.717, 1.165) is 0 Å². The van der Waals surface area contributed by atoms with Crippen LogP contribution in [0.3, 0.4) is 0 Å². The van der Waals surface area contributed by atoms with Crippen LogP contribution in [0.1, 0.15) is 20.8 Å². The number of rotatable bonds is 4. The van der Waals surface area contributed by atoms with E-state index in [1.165, 1.54) is 0 Å². The molecule has 3 nitrogen and oxygen atoms in total. The summed E-state index contributed by atoms with van der Waals surface area (Å²) in [6.07, 6.45) is 0. The fraction of sp³-hybridized carbons (Fsp3) is 0.667. The van der Waals surface area contributed by atoms with E-state index < -0.39 is 0 Å². The van der Waals surface area contributed by atoms with Gasteiger partial charge >= 0.3 is 0 Å². The fourth-order valence-corrected chi connectivity index (χ4v) is 0.963. The van der Waals surface area contributed by atoms with E-state index in [-0.39, 0.29) is 24.5 Å². The Morgan fingerprint density at radius 3 is 2.46 bits per heavy atom. The molecule has 0 aliphatic rings. The molecule has 0 rings (SSSR count). The number of aliphatic hydroxyl groups is 1. The van der Waals surface area contributed by atoms with Crippen molar-refractivity contribution in [2.45, 2.75) is 26.8 Å². The second-order valence-corrected chi connectivity index (χ2v) is 3.76. The third-order valence-corrected chi connectivity index (χ3v) is 2.53. The van der Waals surface area contributed by atoms with Gasteiger partial charge in [0.15, 0.2) is 0 Å². The van der Waals surface area contributed by atoms with Crippen LogP contribution < -0.4 is 5.32 Å². The van der Waals surface area contributed by atoms with E-state index in [1.54, 1.807) is 11.9 Å². The zero-order chi connectivity index (χ0) is 10.4. The molecule has 0 heterocycles. The van der Waals surface area contributed by atoms with Crippen molar-refractivity contribution in [3.8, 4) is 0 Å². The minimum atomic E-state index is -0.171. The van der Waals surface area contributed by atoms with Gasteiger partial charge in [0.1, 0.15) is 0 Å². The van der Waals surface area contributed by atoms with Gasteiger partial charge in [-0.15, -0.1) is 0 Å². The van der Waals surface area contributed by atoms with E-state index >= 15 is 0 Å². The van der Waals surface area contributed by atoms with Gasteiger partial charge in [0.2, 0.25) is 5.91 Å². The number of hydrogen-bond acceptors (Lipinski definition) is 2. The number of amides is 1. The summed E-state index contributed by atoms with van der Waals surface area (Å²) < 4.78 is 0. The first-order chi connectivity index (χ1) is 6.02. The van der Waals surface area contributed by atoms with Gasteiger partial charge in [-0.1, -0.05) is 29.8 Å². The minimum absolute atomic E-state index is 0.0288. The van der Waals surface area contributed by atoms with Crippen LogP contribution in [-0.2, 0) is 4.79 Å². The maximum atomic E-state index is 11.3. The van der Waals surface area contributed by atoms with Gasteiger partial charge in [-0.05, 0) is 17.8 Å². The van der Waals surface area contributed by atoms with Crippen LogP contribution in [0.2, 0.25) is 0 Å². The molecule has 1 amide bonds. The molecule has 4 heteroatoms. The summed E-state index contributed by atoms with van der Waals surface area (Å²) >= 11 is 3.08. The number of carbonyl (C=O) groups is 1. The predicted molar refractivity (Wildman–Crippen MR) is 56.5 cm³/mol. The highest BCUT2D eigenvalue weighted by atomic mass is 79.9. The summed E-state index contributed by atoms with van der Waals surface area (Å²) in [6.45, 7) is 5.58. The highest BCUT2D eigenvalue weighted by molar-refractivity contribution is 9.11. The average molecular weight is 250 g/mol. The summed E-state index contributed by atoms with van der Waals surface area (Å²) in [5, 5.41) is 11.7. The van der Waals surface area contributed by atoms with Crippen molar-refractivity contribution in [3.05, 3.63) is 10.6 Å². The molecule has 0 saturated heterocycles. The third kappa shape index (κ3) is 4.43. The molecule has 0 aliphatic carbocycles. The number of nitrogens with one attached hydrogen (secondary N) is 1. The van der Waals surface area contributed by atoms with Crippen LogP contribution in [0.5, 0.6) is 0 Å². The van der Waals surface area contributed by atoms with Crippen LogP contribution in [0.4, 0.5) is 0 Å². The second kappa shape index (κ2) is 6.16. The van der Waals surface area contributed by atoms with Gasteiger partial charge in [-0.3, -0.25) is 4.79 Å². The zero-order valence-corrected chi connectivity index (χ0v) is 9.76. The molecule has 2 N–H and O–H groups in total. The standard InChI is InChI=1S/C9H16BrNO2/c1-6(2)8(5-12)11-9(13)7(3)4-10/h4,6,8,12H,5H2,1-3H3,(H,11,13)/t8-/m1/s1. The molecule has 0 fully saturated rings. The van der Waals surface area contributed by atoms with Crippen molar-refractivity contribution >= 4 is 21.8 Å². The summed E-state index contributed by atoms with van der Waals surface area (Å²) in [7, 11) is 0. The Morgan fingerprint density at radius 2 is 2.15 bits per heavy atom. The van der Waals surface area contributed by atoms with Crippen molar-refractivity contribution in [1.29, 1.82) is 0 Å². The van der Waals surface area contributed by atoms with Gasteiger partial charge in [0.05, 0.1) is 12.6 Å². The molecular formula is C9H16BrNO2. The molecule has 0 aromatic carbocycles. The summed E-state index contributed by atoms with van der Waals surface area (Å²) in [6, 6.07) is -0.171. The first-order valence-electron chi connectivity index (χ1n) is 4.21. The molecule has 0 bridgehead atoms. The van der Waals surface area contributed by atoms with Crippen molar-refractivity contribution in [3.63, 3.8) is 0 Å². The van der Waals surface area contributed by atoms with Crippen molar-refractivity contribution in [1.82, 2.24) is 5.32 Å². The molecule has 0 aromatic rings. The zero-order valence-electron chi connectivity index (χ0n) is 8.17. The van der Waals surface area contributed by atoms with Crippen molar-refractivity contribution in [2.24, 2.45) is 5.92 Å². The number of carbonyl (C=O) groups excluding carboxylic acids is 1. The molecule has 0 spiro atoms. The Balaban J connectivity index is 4.17. The Labute approximate surface area is 87.3 Å². The molecule has 0 aliphatic heterocycles. The average Bonchev–Trinajstić information content (AvgIpc) is 2.11. The smallest absolute Gasteiger partial charge is 0.247 e. The van der Waals surface area contributed by atoms with Gasteiger partial charge in [-0.2, -0.15) is 0 Å². The van der Waals surface area contributed by atoms with Crippen molar-refractivity contribution in [2.75, 3.05) is 6.61 Å². The topological polar surface area (TPSA) is 49.3 Å². The molecule has 0 unspecified atom stereocenters. The molecular weight excluding hydrogens is 234 g/mol. The summed E-state index contributed by atoms with van der Waals surface area (Å²) in [4.78, 5) is 12.9. The highest BCUT2D eigenvalue weighted by Crippen LogP contribution is 2.03. The van der Waals surface area contributed by atoms with Crippen LogP contribution in [0.15, 0.2) is 10.6 Å². The number of halogens is 1. The monoisotopic (exact) mass is 249 g/mol. The molecule has 0 radical (unpaired) electrons. The van der Waals surface area contributed by atoms with Crippen molar-refractivity contribution < 1.29 is 9.90 Å². The molecule has 0 saturated carbocycles. The lowest BCUT2D eigenvalue weighted by atomic mass is 10.1. The third-order valence-electron chi connectivity index (χ3n) is 1.84. The van der Waals surface area contributed by atoms with E-state index in [4.69, 9.17) is 5.11 Å². The highest BCUT2D eigenvalue weighted by Gasteiger charge is 2.15. The van der Waals surface area contributed by atoms with Gasteiger partial charge in [-0.25, -0.2) is 0 Å². The van der Waals surface area contributed by atoms with E-state index in [2.05, 4.69) is 21.2 Å². The van der Waals surface area contributed by atoms with Crippen LogP contribution in [0, 0.1) is 5.92 Å². The Kier molecular flexibility index (Phi) is 5.99. The Morgan fingerprint density at radius 1 is 1.62 bits per heavy atom. The molecule has 13 heavy (non-hydrogen) atoms. The quantitative estimate of drug-likeness (QED) is 0.741. The van der Waals surface area contributed by atoms with Crippen LogP contribution >= 0.6 is 15.9 Å².